The molecule has 2 heterocycles. The van der Waals surface area contributed by atoms with Gasteiger partial charge in [-0.25, -0.2) is 0 Å². The van der Waals surface area contributed by atoms with Crippen molar-refractivity contribution < 1.29 is 33.8 Å². The van der Waals surface area contributed by atoms with Gasteiger partial charge in [0.15, 0.2) is 0 Å². The summed E-state index contributed by atoms with van der Waals surface area (Å²) in [5, 5.41) is 18.7. The van der Waals surface area contributed by atoms with E-state index in [1.165, 1.54) is 16.9 Å². The molecule has 2 aliphatic rings. The summed E-state index contributed by atoms with van der Waals surface area (Å²) >= 11 is 15.0. The molecule has 7 atom stereocenters. The quantitative estimate of drug-likeness (QED) is 0.0457. The van der Waals surface area contributed by atoms with Crippen LogP contribution in [-0.4, -0.2) is 146 Å². The van der Waals surface area contributed by atoms with Crippen LogP contribution < -0.4 is 18.9 Å². The Kier molecular flexibility index (Phi) is 23.6. The zero-order valence-corrected chi connectivity index (χ0v) is 48.5. The number of carbonyl (C=O) groups is 4. The van der Waals surface area contributed by atoms with Crippen LogP contribution in [0.5, 0.6) is 11.5 Å². The lowest BCUT2D eigenvalue weighted by molar-refractivity contribution is -0.147. The lowest BCUT2D eigenvalue weighted by Crippen LogP contribution is -2.58. The van der Waals surface area contributed by atoms with Gasteiger partial charge >= 0.3 is 0 Å². The van der Waals surface area contributed by atoms with Gasteiger partial charge in [-0.2, -0.15) is 0 Å². The maximum Gasteiger partial charge on any atom is 0.247 e. The van der Waals surface area contributed by atoms with Gasteiger partial charge in [0.05, 0.1) is 19.1 Å². The van der Waals surface area contributed by atoms with E-state index < -0.39 is 54.0 Å². The minimum absolute atomic E-state index is 0.107. The number of allylic oxidation sites excluding steroid dienone is 1. The molecule has 2 aliphatic heterocycles. The van der Waals surface area contributed by atoms with Crippen LogP contribution in [0.3, 0.4) is 0 Å². The smallest absolute Gasteiger partial charge is 0.247 e. The third-order valence-electron chi connectivity index (χ3n) is 14.3. The fourth-order valence-electron chi connectivity index (χ4n) is 9.66. The number of aliphatic hydroxyl groups is 1. The van der Waals surface area contributed by atoms with Crippen molar-refractivity contribution in [3.05, 3.63) is 136 Å². The van der Waals surface area contributed by atoms with Crippen molar-refractivity contribution in [2.24, 2.45) is 16.8 Å². The molecule has 0 radical (unpaired) electrons. The van der Waals surface area contributed by atoms with Crippen LogP contribution in [-0.2, 0) is 43.3 Å². The van der Waals surface area contributed by atoms with E-state index in [1.54, 1.807) is 49.3 Å². The summed E-state index contributed by atoms with van der Waals surface area (Å²) in [4.78, 5) is 72.0. The van der Waals surface area contributed by atoms with Crippen LogP contribution in [0.2, 0.25) is 10.0 Å². The second kappa shape index (κ2) is 29.7. The van der Waals surface area contributed by atoms with Crippen LogP contribution >= 0.6 is 46.1 Å². The molecule has 0 saturated carbocycles. The minimum atomic E-state index is -1.18. The molecule has 410 valence electrons. The zero-order valence-electron chi connectivity index (χ0n) is 44.8. The Hall–Kier alpha value is -4.92. The highest BCUT2D eigenvalue weighted by atomic mass is 127. The molecule has 4 amide bonds. The van der Waals surface area contributed by atoms with Crippen LogP contribution in [0.1, 0.15) is 74.6 Å². The molecule has 1 fully saturated rings. The van der Waals surface area contributed by atoms with E-state index in [0.29, 0.717) is 52.4 Å². The molecule has 0 aliphatic carbocycles. The van der Waals surface area contributed by atoms with Crippen LogP contribution in [0.15, 0.2) is 108 Å². The number of halogens is 3. The number of amides is 4. The molecule has 18 heteroatoms. The third-order valence-corrected chi connectivity index (χ3v) is 15.4. The molecule has 4 aromatic rings. The molecular formula is C58H75Cl2IN8O7. The number of carbonyl (C=O) groups excluding carboxylic acids is 4. The van der Waals surface area contributed by atoms with E-state index in [0.717, 1.165) is 47.4 Å². The Balaban J connectivity index is 1.41. The second-order valence-electron chi connectivity index (χ2n) is 20.4. The highest BCUT2D eigenvalue weighted by molar-refractivity contribution is 14.1. The summed E-state index contributed by atoms with van der Waals surface area (Å²) in [5.41, 5.74) is 5.63. The lowest BCUT2D eigenvalue weighted by atomic mass is 9.93. The topological polar surface area (TPSA) is 168 Å². The summed E-state index contributed by atoms with van der Waals surface area (Å²) in [7, 11) is 8.90. The molecule has 15 nitrogen and oxygen atoms in total. The molecule has 0 bridgehead atoms. The van der Waals surface area contributed by atoms with E-state index in [9.17, 15) is 14.7 Å². The summed E-state index contributed by atoms with van der Waals surface area (Å²) < 4.78 is 15.4. The zero-order chi connectivity index (χ0) is 54.9. The number of aliphatic hydroxyl groups excluding tert-OH is 1. The Bertz CT molecular complexity index is 2610. The number of nitrogens with one attached hydrogen (secondary N) is 3. The first-order valence-corrected chi connectivity index (χ1v) is 27.9. The van der Waals surface area contributed by atoms with Gasteiger partial charge in [0.25, 0.3) is 0 Å². The number of rotatable bonds is 17. The number of benzene rings is 4. The van der Waals surface area contributed by atoms with Gasteiger partial charge in [-0.1, -0.05) is 90.8 Å². The Morgan fingerprint density at radius 1 is 0.882 bits per heavy atom. The van der Waals surface area contributed by atoms with Gasteiger partial charge in [0.2, 0.25) is 23.6 Å². The second-order valence-corrected chi connectivity index (χ2v) is 22.0. The number of likely N-dealkylation sites (N-methyl/N-ethyl adjacent to an activating group) is 2. The normalized spacial score (nSPS) is 22.9. The minimum Gasteiger partial charge on any atom is -0.457 e. The number of methoxy groups -OCH3 is 1. The average Bonchev–Trinajstić information content (AvgIpc) is 3.58. The molecule has 2 unspecified atom stereocenters. The summed E-state index contributed by atoms with van der Waals surface area (Å²) in [6, 6.07) is 26.5. The van der Waals surface area contributed by atoms with E-state index in [-0.39, 0.29) is 51.3 Å². The maximum absolute atomic E-state index is 15.5. The standard InChI is InChI=1S/C58H75Cl2IN8O7/c1-38-15-18-43(34-62-50(38)36-66(3)4)42-20-25-49(26-21-42)76-53-31-47(60)24-19-44(53)35-69-52(14-11-27-64-61)56(72)65-51(37-75-7)58(74)68(6)48(29-41-16-22-46(59)23-17-41)32-54(70)63-33-39(2)67(5)57(73)45(30-55(69)71)28-40-12-9-8-10-13-40/h8-10,12-13,16-17,19-26,31,34,38-39,45,48,51-52,54,63-64,70H,11,14-15,18,27-30,32-33,35-37H2,1-7H3,(H,65,72)/t38?,39-,45+,48-,51-,52-,54?/m0/s1. The van der Waals surface area contributed by atoms with Crippen LogP contribution in [0, 0.1) is 11.8 Å². The van der Waals surface area contributed by atoms with Crippen LogP contribution in [0.4, 0.5) is 0 Å². The van der Waals surface area contributed by atoms with E-state index in [4.69, 9.17) is 37.7 Å². The number of hydrogen-bond donors (Lipinski definition) is 4. The van der Waals surface area contributed by atoms with Gasteiger partial charge in [0, 0.05) is 116 Å². The largest absolute Gasteiger partial charge is 0.457 e. The van der Waals surface area contributed by atoms with Gasteiger partial charge in [0.1, 0.15) is 29.8 Å². The molecule has 0 spiro atoms. The Morgan fingerprint density at radius 3 is 2.26 bits per heavy atom. The number of aliphatic imine (C=N–C) groups is 1. The molecule has 4 aromatic carbocycles. The van der Waals surface area contributed by atoms with Crippen molar-refractivity contribution in [2.45, 2.75) is 102 Å². The summed E-state index contributed by atoms with van der Waals surface area (Å²) in [6.45, 7) is 5.35. The van der Waals surface area contributed by atoms with Gasteiger partial charge in [-0.15, -0.1) is 0 Å². The highest BCUT2D eigenvalue weighted by Crippen LogP contribution is 2.34. The molecule has 76 heavy (non-hydrogen) atoms. The van der Waals surface area contributed by atoms with E-state index in [1.807, 2.05) is 79.9 Å². The highest BCUT2D eigenvalue weighted by Gasteiger charge is 2.38. The number of nitrogens with zero attached hydrogens (tertiary/aromatic N) is 5. The third kappa shape index (κ3) is 17.5. The molecule has 4 N–H and O–H groups in total. The van der Waals surface area contributed by atoms with Crippen molar-refractivity contribution in [1.82, 2.24) is 33.8 Å². The van der Waals surface area contributed by atoms with Crippen molar-refractivity contribution in [1.29, 1.82) is 0 Å². The molecule has 0 aromatic heterocycles. The monoisotopic (exact) mass is 1190 g/mol. The van der Waals surface area contributed by atoms with Crippen molar-refractivity contribution >= 4 is 81.0 Å². The predicted octanol–water partition coefficient (Wildman–Crippen LogP) is 8.58. The summed E-state index contributed by atoms with van der Waals surface area (Å²) in [6.07, 6.45) is 3.91. The first kappa shape index (κ1) is 60.3. The lowest BCUT2D eigenvalue weighted by Gasteiger charge is -2.37. The summed E-state index contributed by atoms with van der Waals surface area (Å²) in [5.74, 6) is -1.31. The Morgan fingerprint density at radius 2 is 1.58 bits per heavy atom. The van der Waals surface area contributed by atoms with Crippen LogP contribution in [0.25, 0.3) is 5.57 Å². The predicted molar refractivity (Wildman–Crippen MR) is 311 cm³/mol. The first-order valence-electron chi connectivity index (χ1n) is 26.1. The first-order chi connectivity index (χ1) is 36.4. The number of hydrogen-bond acceptors (Lipinski definition) is 11. The van der Waals surface area contributed by atoms with E-state index in [2.05, 4.69) is 62.9 Å². The Labute approximate surface area is 473 Å². The molecule has 6 rings (SSSR count). The molecular weight excluding hydrogens is 1120 g/mol. The van der Waals surface area contributed by atoms with Crippen molar-refractivity contribution in [2.75, 3.05) is 61.5 Å². The fraction of sp³-hybridized carbons (Fsp3) is 0.466. The molecule has 1 saturated heterocycles. The van der Waals surface area contributed by atoms with Crippen molar-refractivity contribution in [3.63, 3.8) is 0 Å². The fourth-order valence-corrected chi connectivity index (χ4v) is 10.3. The SMILES string of the molecule is COC[C@@H]1NC(=O)[C@H](CCCNI)N(Cc2ccc(Cl)cc2Oc2ccc(C3=CN=C(CN(C)C)C(C)CC3)cc2)C(=O)C[C@@H](Cc2ccccc2)C(=O)N(C)[C@@H](C)CNC(O)C[C@H](Cc2ccc(Cl)cc2)N(C)C1=O. The van der Waals surface area contributed by atoms with Gasteiger partial charge < -0.3 is 39.5 Å². The maximum atomic E-state index is 15.5. The van der Waals surface area contributed by atoms with Crippen molar-refractivity contribution in [3.8, 4) is 11.5 Å². The van der Waals surface area contributed by atoms with Gasteiger partial charge in [-0.3, -0.25) is 33.0 Å². The average molecular weight is 1190 g/mol. The van der Waals surface area contributed by atoms with Gasteiger partial charge in [-0.05, 0) is 124 Å². The van der Waals surface area contributed by atoms with E-state index >= 15 is 9.59 Å². The number of ether oxygens (including phenoxy) is 2.